The van der Waals surface area contributed by atoms with E-state index in [1.165, 1.54) is 11.3 Å². The van der Waals surface area contributed by atoms with Gasteiger partial charge in [0.2, 0.25) is 5.82 Å². The van der Waals surface area contributed by atoms with E-state index in [1.54, 1.807) is 24.3 Å². The molecule has 22 heavy (non-hydrogen) atoms. The Bertz CT molecular complexity index is 784. The highest BCUT2D eigenvalue weighted by molar-refractivity contribution is 7.10. The predicted molar refractivity (Wildman–Crippen MR) is 80.9 cm³/mol. The molecule has 0 aliphatic carbocycles. The van der Waals surface area contributed by atoms with Crippen molar-refractivity contribution in [1.29, 1.82) is 0 Å². The molecule has 0 saturated heterocycles. The van der Waals surface area contributed by atoms with Crippen LogP contribution in [0.3, 0.4) is 0 Å². The van der Waals surface area contributed by atoms with Crippen LogP contribution in [-0.2, 0) is 6.18 Å². The van der Waals surface area contributed by atoms with Crippen molar-refractivity contribution in [2.45, 2.75) is 19.1 Å². The lowest BCUT2D eigenvalue weighted by molar-refractivity contribution is -0.144. The molecule has 0 saturated carbocycles. The zero-order chi connectivity index (χ0) is 15.7. The molecule has 1 aromatic carbocycles. The van der Waals surface area contributed by atoms with Crippen molar-refractivity contribution >= 4 is 28.1 Å². The number of fused-ring (bicyclic) bond motifs is 1. The third kappa shape index (κ3) is 2.89. The van der Waals surface area contributed by atoms with Gasteiger partial charge < -0.3 is 5.32 Å². The van der Waals surface area contributed by atoms with Crippen molar-refractivity contribution in [3.63, 3.8) is 0 Å². The van der Waals surface area contributed by atoms with Crippen LogP contribution in [0, 0.1) is 0 Å². The number of halogens is 3. The molecule has 0 amide bonds. The number of para-hydroxylation sites is 1. The van der Waals surface area contributed by atoms with E-state index >= 15 is 0 Å². The average Bonchev–Trinajstić information content (AvgIpc) is 3.00. The molecule has 2 aromatic heterocycles. The maximum absolute atomic E-state index is 13.0. The molecule has 7 heteroatoms. The summed E-state index contributed by atoms with van der Waals surface area (Å²) in [4.78, 5) is 8.31. The van der Waals surface area contributed by atoms with Gasteiger partial charge in [-0.15, -0.1) is 11.3 Å². The van der Waals surface area contributed by atoms with Crippen LogP contribution in [0.1, 0.15) is 23.7 Å². The maximum atomic E-state index is 13.0. The van der Waals surface area contributed by atoms with E-state index in [-0.39, 0.29) is 17.4 Å². The number of hydrogen-bond acceptors (Lipinski definition) is 4. The first-order valence-corrected chi connectivity index (χ1v) is 7.47. The van der Waals surface area contributed by atoms with Crippen molar-refractivity contribution < 1.29 is 13.2 Å². The van der Waals surface area contributed by atoms with Crippen molar-refractivity contribution in [3.05, 3.63) is 52.5 Å². The fourth-order valence-electron chi connectivity index (χ4n) is 2.13. The Balaban J connectivity index is 2.07. The Kier molecular flexibility index (Phi) is 3.74. The van der Waals surface area contributed by atoms with Crippen molar-refractivity contribution in [2.75, 3.05) is 5.32 Å². The lowest BCUT2D eigenvalue weighted by Crippen LogP contribution is -2.15. The summed E-state index contributed by atoms with van der Waals surface area (Å²) < 4.78 is 38.9. The van der Waals surface area contributed by atoms with Gasteiger partial charge in [-0.25, -0.2) is 9.97 Å². The van der Waals surface area contributed by atoms with Gasteiger partial charge in [0, 0.05) is 10.3 Å². The summed E-state index contributed by atoms with van der Waals surface area (Å²) in [5.74, 6) is -0.939. The number of rotatable bonds is 3. The highest BCUT2D eigenvalue weighted by Crippen LogP contribution is 2.32. The zero-order valence-corrected chi connectivity index (χ0v) is 12.4. The maximum Gasteiger partial charge on any atom is 0.451 e. The molecular formula is C15H12F3N3S. The Hall–Kier alpha value is -2.15. The minimum absolute atomic E-state index is 0.139. The monoisotopic (exact) mass is 323 g/mol. The van der Waals surface area contributed by atoms with Crippen LogP contribution in [0.15, 0.2) is 41.8 Å². The van der Waals surface area contributed by atoms with E-state index in [2.05, 4.69) is 15.3 Å². The number of nitrogens with zero attached hydrogens (tertiary/aromatic N) is 2. The normalized spacial score (nSPS) is 13.3. The van der Waals surface area contributed by atoms with Crippen LogP contribution < -0.4 is 5.32 Å². The second-order valence-corrected chi connectivity index (χ2v) is 5.77. The molecule has 0 fully saturated rings. The molecule has 114 valence electrons. The Labute approximate surface area is 128 Å². The fourth-order valence-corrected chi connectivity index (χ4v) is 2.86. The van der Waals surface area contributed by atoms with Gasteiger partial charge in [0.1, 0.15) is 5.82 Å². The number of aromatic nitrogens is 2. The van der Waals surface area contributed by atoms with E-state index in [9.17, 15) is 13.2 Å². The largest absolute Gasteiger partial charge is 0.451 e. The lowest BCUT2D eigenvalue weighted by Gasteiger charge is -2.16. The standard InChI is InChI=1S/C15H12F3N3S/c1-9(12-7-4-8-22-12)19-13-10-5-2-3-6-11(10)20-14(21-13)15(16,17)18/h2-9H,1H3,(H,19,20,21)/t9-/m1/s1. The molecule has 1 atom stereocenters. The summed E-state index contributed by atoms with van der Waals surface area (Å²) in [6, 6.07) is 10.3. The van der Waals surface area contributed by atoms with Crippen LogP contribution in [0.25, 0.3) is 10.9 Å². The second kappa shape index (κ2) is 5.57. The SMILES string of the molecule is C[C@@H](Nc1nc(C(F)(F)F)nc2ccccc12)c1cccs1. The Morgan fingerprint density at radius 2 is 1.86 bits per heavy atom. The van der Waals surface area contributed by atoms with Gasteiger partial charge in [-0.1, -0.05) is 18.2 Å². The highest BCUT2D eigenvalue weighted by Gasteiger charge is 2.35. The average molecular weight is 323 g/mol. The lowest BCUT2D eigenvalue weighted by atomic mass is 10.2. The highest BCUT2D eigenvalue weighted by atomic mass is 32.1. The number of benzene rings is 1. The third-order valence-corrected chi connectivity index (χ3v) is 4.23. The summed E-state index contributed by atoms with van der Waals surface area (Å²) >= 11 is 1.54. The Morgan fingerprint density at radius 3 is 2.55 bits per heavy atom. The van der Waals surface area contributed by atoms with Gasteiger partial charge in [0.05, 0.1) is 11.6 Å². The fraction of sp³-hybridized carbons (Fsp3) is 0.200. The van der Waals surface area contributed by atoms with Gasteiger partial charge >= 0.3 is 6.18 Å². The number of anilines is 1. The van der Waals surface area contributed by atoms with Crippen molar-refractivity contribution in [3.8, 4) is 0 Å². The second-order valence-electron chi connectivity index (χ2n) is 4.79. The number of alkyl halides is 3. The summed E-state index contributed by atoms with van der Waals surface area (Å²) in [5.41, 5.74) is 0.269. The molecule has 3 nitrogen and oxygen atoms in total. The molecule has 0 aliphatic rings. The number of thiophene rings is 1. The van der Waals surface area contributed by atoms with E-state index in [1.807, 2.05) is 24.4 Å². The van der Waals surface area contributed by atoms with Crippen LogP contribution in [0.4, 0.5) is 19.0 Å². The number of nitrogens with one attached hydrogen (secondary N) is 1. The van der Waals surface area contributed by atoms with Gasteiger partial charge in [0.25, 0.3) is 0 Å². The van der Waals surface area contributed by atoms with Crippen molar-refractivity contribution in [1.82, 2.24) is 9.97 Å². The minimum atomic E-state index is -4.58. The summed E-state index contributed by atoms with van der Waals surface area (Å²) in [6.07, 6.45) is -4.58. The van der Waals surface area contributed by atoms with E-state index in [4.69, 9.17) is 0 Å². The summed E-state index contributed by atoms with van der Waals surface area (Å²) in [7, 11) is 0. The van der Waals surface area contributed by atoms with Crippen LogP contribution in [0.2, 0.25) is 0 Å². The topological polar surface area (TPSA) is 37.8 Å². The van der Waals surface area contributed by atoms with Crippen LogP contribution in [-0.4, -0.2) is 9.97 Å². The Morgan fingerprint density at radius 1 is 1.09 bits per heavy atom. The molecule has 0 radical (unpaired) electrons. The first kappa shape index (κ1) is 14.8. The quantitative estimate of drug-likeness (QED) is 0.746. The van der Waals surface area contributed by atoms with Gasteiger partial charge in [-0.05, 0) is 30.5 Å². The van der Waals surface area contributed by atoms with Crippen LogP contribution >= 0.6 is 11.3 Å². The predicted octanol–water partition coefficient (Wildman–Crippen LogP) is 4.88. The van der Waals surface area contributed by atoms with Gasteiger partial charge in [0.15, 0.2) is 0 Å². The minimum Gasteiger partial charge on any atom is -0.362 e. The van der Waals surface area contributed by atoms with E-state index in [0.717, 1.165) is 4.88 Å². The van der Waals surface area contributed by atoms with Crippen LogP contribution in [0.5, 0.6) is 0 Å². The molecule has 0 bridgehead atoms. The first-order chi connectivity index (χ1) is 10.4. The smallest absolute Gasteiger partial charge is 0.362 e. The van der Waals surface area contributed by atoms with E-state index < -0.39 is 12.0 Å². The molecule has 3 rings (SSSR count). The first-order valence-electron chi connectivity index (χ1n) is 6.59. The third-order valence-electron chi connectivity index (χ3n) is 3.18. The van der Waals surface area contributed by atoms with Gasteiger partial charge in [-0.3, -0.25) is 0 Å². The summed E-state index contributed by atoms with van der Waals surface area (Å²) in [5, 5.41) is 5.55. The van der Waals surface area contributed by atoms with Crippen molar-refractivity contribution in [2.24, 2.45) is 0 Å². The summed E-state index contributed by atoms with van der Waals surface area (Å²) in [6.45, 7) is 1.88. The molecule has 0 spiro atoms. The molecule has 2 heterocycles. The molecule has 0 aliphatic heterocycles. The molecule has 0 unspecified atom stereocenters. The van der Waals surface area contributed by atoms with E-state index in [0.29, 0.717) is 5.39 Å². The molecular weight excluding hydrogens is 311 g/mol. The van der Waals surface area contributed by atoms with Gasteiger partial charge in [-0.2, -0.15) is 13.2 Å². The molecule has 1 N–H and O–H groups in total. The number of hydrogen-bond donors (Lipinski definition) is 1. The molecule has 3 aromatic rings. The zero-order valence-electron chi connectivity index (χ0n) is 11.6.